The maximum atomic E-state index is 12.5. The summed E-state index contributed by atoms with van der Waals surface area (Å²) in [5, 5.41) is 20.3. The molecule has 2 atom stereocenters. The van der Waals surface area contributed by atoms with E-state index in [-0.39, 0.29) is 13.1 Å². The number of hydrogen-bond acceptors (Lipinski definition) is 9. The molecule has 15 nitrogen and oxygen atoms in total. The van der Waals surface area contributed by atoms with Crippen LogP contribution in [0.15, 0.2) is 12.2 Å². The van der Waals surface area contributed by atoms with Crippen molar-refractivity contribution in [1.29, 1.82) is 0 Å². The van der Waals surface area contributed by atoms with Crippen molar-refractivity contribution in [3.63, 3.8) is 0 Å². The molecule has 1 heterocycles. The average Bonchev–Trinajstić information content (AvgIpc) is 3.13. The van der Waals surface area contributed by atoms with Crippen LogP contribution in [0.2, 0.25) is 3.98 Å². The topological polar surface area (TPSA) is 220 Å². The van der Waals surface area contributed by atoms with E-state index in [2.05, 4.69) is 26.6 Å². The third-order valence-electron chi connectivity index (χ3n) is 4.16. The number of aldehydes is 1. The van der Waals surface area contributed by atoms with E-state index in [0.29, 0.717) is 40.9 Å². The average molecular weight is 675 g/mol. The molecule has 1 aliphatic rings. The quantitative estimate of drug-likeness (QED) is 0.0550. The Labute approximate surface area is 209 Å². The van der Waals surface area contributed by atoms with Gasteiger partial charge in [-0.1, -0.05) is 0 Å². The van der Waals surface area contributed by atoms with Gasteiger partial charge in [0.25, 0.3) is 11.8 Å². The number of rotatable bonds is 15. The van der Waals surface area contributed by atoms with Gasteiger partial charge in [-0.05, 0) is 0 Å². The van der Waals surface area contributed by atoms with Gasteiger partial charge in [0.15, 0.2) is 0 Å². The van der Waals surface area contributed by atoms with E-state index >= 15 is 0 Å². The fourth-order valence-corrected chi connectivity index (χ4v) is 3.70. The summed E-state index contributed by atoms with van der Waals surface area (Å²) in [5.74, 6) is -5.63. The van der Waals surface area contributed by atoms with E-state index in [1.54, 1.807) is 0 Å². The summed E-state index contributed by atoms with van der Waals surface area (Å²) in [6, 6.07) is -2.26. The van der Waals surface area contributed by atoms with Crippen molar-refractivity contribution >= 4 is 73.5 Å². The van der Waals surface area contributed by atoms with Crippen molar-refractivity contribution in [2.24, 2.45) is 0 Å². The molecule has 0 aromatic carbocycles. The van der Waals surface area contributed by atoms with Crippen molar-refractivity contribution in [3.05, 3.63) is 12.2 Å². The Morgan fingerprint density at radius 1 is 0.941 bits per heavy atom. The summed E-state index contributed by atoms with van der Waals surface area (Å²) < 4.78 is 0.376. The molecule has 0 saturated carbocycles. The monoisotopic (exact) mass is 675 g/mol. The van der Waals surface area contributed by atoms with Crippen LogP contribution in [0.3, 0.4) is 0 Å². The number of imide groups is 1. The second kappa shape index (κ2) is 14.8. The second-order valence-electron chi connectivity index (χ2n) is 6.65. The van der Waals surface area contributed by atoms with Gasteiger partial charge in [0, 0.05) is 12.2 Å². The van der Waals surface area contributed by atoms with Crippen LogP contribution in [0.25, 0.3) is 0 Å². The van der Waals surface area contributed by atoms with Gasteiger partial charge in [-0.15, -0.1) is 0 Å². The Kier molecular flexibility index (Phi) is 12.6. The number of amides is 6. The molecule has 1 aliphatic heterocycles. The Morgan fingerprint density at radius 2 is 1.56 bits per heavy atom. The van der Waals surface area contributed by atoms with Crippen LogP contribution in [-0.4, -0.2) is 128 Å². The smallest absolute Gasteiger partial charge is 0.480 e. The first-order valence-corrected chi connectivity index (χ1v) is 12.5. The van der Waals surface area contributed by atoms with Gasteiger partial charge in [0.1, 0.15) is 0 Å². The molecular weight excluding hydrogens is 651 g/mol. The molecule has 0 bridgehead atoms. The van der Waals surface area contributed by atoms with Gasteiger partial charge in [0.2, 0.25) is 0 Å². The zero-order valence-electron chi connectivity index (χ0n) is 17.8. The van der Waals surface area contributed by atoms with Crippen LogP contribution in [-0.2, 0) is 38.4 Å². The number of carboxylic acids is 1. The van der Waals surface area contributed by atoms with E-state index in [0.717, 1.165) is 12.2 Å². The predicted molar refractivity (Wildman–Crippen MR) is 113 cm³/mol. The molecule has 0 fully saturated rings. The molecule has 0 aliphatic carbocycles. The first-order chi connectivity index (χ1) is 16.1. The van der Waals surface area contributed by atoms with Crippen LogP contribution in [0.4, 0.5) is 0 Å². The van der Waals surface area contributed by atoms with Crippen molar-refractivity contribution in [2.45, 2.75) is 16.1 Å². The Morgan fingerprint density at radius 3 is 2.12 bits per heavy atom. The SMILES string of the molecule is O=CCNC(=O)C([CH2][Pb])NC(=O)CNC(=O)CNC(=O)C(CNCC(=O)O)N1C(=O)C=CC1=O. The van der Waals surface area contributed by atoms with Crippen LogP contribution >= 0.6 is 0 Å². The maximum absolute atomic E-state index is 12.5. The predicted octanol–water partition coefficient (Wildman–Crippen LogP) is -5.43. The number of hydrogen-bond donors (Lipinski definition) is 6. The minimum absolute atomic E-state index is 0.194. The van der Waals surface area contributed by atoms with Crippen molar-refractivity contribution in [1.82, 2.24) is 31.5 Å². The summed E-state index contributed by atoms with van der Waals surface area (Å²) in [7, 11) is 0. The van der Waals surface area contributed by atoms with Gasteiger partial charge in [-0.25, -0.2) is 0 Å². The molecule has 16 heteroatoms. The number of aliphatic carboxylic acids is 1. The van der Waals surface area contributed by atoms with Gasteiger partial charge < -0.3 is 10.4 Å². The summed E-state index contributed by atoms with van der Waals surface area (Å²) in [6.07, 6.45) is 2.41. The van der Waals surface area contributed by atoms with Gasteiger partial charge >= 0.3 is 154 Å². The zero-order chi connectivity index (χ0) is 25.7. The molecule has 0 aromatic heterocycles. The Balaban J connectivity index is 2.56. The third-order valence-corrected chi connectivity index (χ3v) is 5.74. The summed E-state index contributed by atoms with van der Waals surface area (Å²) in [6.45, 7) is -2.19. The Bertz CT molecular complexity index is 860. The van der Waals surface area contributed by atoms with Crippen molar-refractivity contribution < 1.29 is 43.5 Å². The fraction of sp³-hybridized carbons (Fsp3) is 0.444. The first kappa shape index (κ1) is 28.8. The standard InChI is InChI=1S/C18H23N6O9.Pb/c1-10(17(32)20-4-5-25)23-13(27)8-21-12(26)7-22-18(33)11(6-19-9-16(30)31)24-14(28)2-3-15(24)29;/h2-3,5,10-11,19H,1,4,6-9H2,(H,20,32)(H,21,26)(H,22,33)(H,23,27)(H,30,31);. The second-order valence-corrected chi connectivity index (χ2v) is 8.24. The molecule has 6 N–H and O–H groups in total. The molecule has 0 saturated heterocycles. The number of carbonyl (C=O) groups excluding carboxylic acids is 7. The van der Waals surface area contributed by atoms with E-state index in [4.69, 9.17) is 5.11 Å². The van der Waals surface area contributed by atoms with Crippen LogP contribution in [0, 0.1) is 0 Å². The van der Waals surface area contributed by atoms with Crippen LogP contribution < -0.4 is 26.6 Å². The minimum atomic E-state index is -1.41. The van der Waals surface area contributed by atoms with E-state index in [9.17, 15) is 38.4 Å². The molecule has 6 amide bonds. The summed E-state index contributed by atoms with van der Waals surface area (Å²) >= 11 is 0.588. The third kappa shape index (κ3) is 9.73. The molecule has 1 rings (SSSR count). The molecular formula is C18H23N6O9Pb. The number of nitrogens with one attached hydrogen (secondary N) is 5. The molecule has 2 unspecified atom stereocenters. The number of carboxylic acid groups (broad SMARTS) is 1. The van der Waals surface area contributed by atoms with Crippen molar-refractivity contribution in [2.75, 3.05) is 32.7 Å². The molecule has 0 aromatic rings. The summed E-state index contributed by atoms with van der Waals surface area (Å²) in [4.78, 5) is 93.7. The number of nitrogens with zero attached hydrogens (tertiary/aromatic N) is 1. The van der Waals surface area contributed by atoms with Crippen LogP contribution in [0.1, 0.15) is 0 Å². The van der Waals surface area contributed by atoms with Crippen molar-refractivity contribution in [3.8, 4) is 0 Å². The van der Waals surface area contributed by atoms with E-state index in [1.165, 1.54) is 0 Å². The molecule has 34 heavy (non-hydrogen) atoms. The number of carbonyl (C=O) groups is 8. The normalized spacial score (nSPS) is 14.2. The summed E-state index contributed by atoms with van der Waals surface area (Å²) in [5.41, 5.74) is 0. The zero-order valence-corrected chi connectivity index (χ0v) is 21.7. The van der Waals surface area contributed by atoms with Crippen LogP contribution in [0.5, 0.6) is 0 Å². The van der Waals surface area contributed by atoms with Gasteiger partial charge in [-0.3, -0.25) is 14.4 Å². The molecule has 0 spiro atoms. The van der Waals surface area contributed by atoms with Gasteiger partial charge in [-0.2, -0.15) is 0 Å². The van der Waals surface area contributed by atoms with E-state index in [1.807, 2.05) is 0 Å². The van der Waals surface area contributed by atoms with E-state index < -0.39 is 73.1 Å². The minimum Gasteiger partial charge on any atom is -0.480 e. The molecule has 3 radical (unpaired) electrons. The fourth-order valence-electron chi connectivity index (χ4n) is 2.58. The molecule has 183 valence electrons. The van der Waals surface area contributed by atoms with Gasteiger partial charge in [0.05, 0.1) is 6.54 Å². The Hall–Kier alpha value is -3.22. The first-order valence-electron chi connectivity index (χ1n) is 9.78.